The van der Waals surface area contributed by atoms with Gasteiger partial charge in [0.15, 0.2) is 5.82 Å². The molecule has 2 nitrogen and oxygen atoms in total. The fourth-order valence-electron chi connectivity index (χ4n) is 0.768. The lowest BCUT2D eigenvalue weighted by molar-refractivity contribution is 0.604. The average Bonchev–Trinajstić information content (AvgIpc) is 2.30. The van der Waals surface area contributed by atoms with Crippen molar-refractivity contribution in [2.45, 2.75) is 26.8 Å². The summed E-state index contributed by atoms with van der Waals surface area (Å²) in [7, 11) is 0. The molecule has 0 atom stereocenters. The smallest absolute Gasteiger partial charge is 0.173 e. The Bertz CT molecular complexity index is 217. The molecule has 0 saturated carbocycles. The summed E-state index contributed by atoms with van der Waals surface area (Å²) < 4.78 is 14.1. The molecule has 10 heavy (non-hydrogen) atoms. The van der Waals surface area contributed by atoms with Gasteiger partial charge in [-0.3, -0.25) is 4.68 Å². The first-order chi connectivity index (χ1) is 4.77. The van der Waals surface area contributed by atoms with Crippen molar-refractivity contribution in [1.82, 2.24) is 9.78 Å². The van der Waals surface area contributed by atoms with Crippen LogP contribution in [0.1, 0.15) is 19.5 Å². The first-order valence-corrected chi connectivity index (χ1v) is 3.42. The zero-order chi connectivity index (χ0) is 7.56. The minimum Gasteiger partial charge on any atom is -0.260 e. The highest BCUT2D eigenvalue weighted by atomic mass is 19.1. The fraction of sp³-hybridized carbons (Fsp3) is 0.571. The Morgan fingerprint density at radius 2 is 2.30 bits per heavy atom. The molecular formula is C7H10FN2. The number of aromatic nitrogens is 2. The van der Waals surface area contributed by atoms with Gasteiger partial charge in [0.25, 0.3) is 0 Å². The standard InChI is InChI=1S/C7H10FN2/c1-3-7-6(8)5-10(4-2)9-7/h3-4H2,1-2H3. The molecule has 1 aromatic heterocycles. The van der Waals surface area contributed by atoms with E-state index in [1.54, 1.807) is 0 Å². The third-order valence-electron chi connectivity index (χ3n) is 1.36. The van der Waals surface area contributed by atoms with Crippen molar-refractivity contribution in [3.63, 3.8) is 0 Å². The predicted octanol–water partition coefficient (Wildman–Crippen LogP) is 1.40. The molecule has 0 spiro atoms. The molecule has 0 N–H and O–H groups in total. The van der Waals surface area contributed by atoms with Gasteiger partial charge < -0.3 is 0 Å². The van der Waals surface area contributed by atoms with E-state index in [1.165, 1.54) is 4.68 Å². The Morgan fingerprint density at radius 1 is 1.60 bits per heavy atom. The van der Waals surface area contributed by atoms with Crippen LogP contribution in [-0.4, -0.2) is 9.78 Å². The molecule has 1 radical (unpaired) electrons. The first-order valence-electron chi connectivity index (χ1n) is 3.42. The number of hydrogen-bond acceptors (Lipinski definition) is 1. The summed E-state index contributed by atoms with van der Waals surface area (Å²) in [5, 5.41) is 3.93. The molecular weight excluding hydrogens is 131 g/mol. The second-order valence-electron chi connectivity index (χ2n) is 2.04. The van der Waals surface area contributed by atoms with E-state index in [9.17, 15) is 4.39 Å². The van der Waals surface area contributed by atoms with Crippen LogP contribution in [0.25, 0.3) is 0 Å². The topological polar surface area (TPSA) is 17.8 Å². The fourth-order valence-corrected chi connectivity index (χ4v) is 0.768. The number of hydrogen-bond donors (Lipinski definition) is 0. The zero-order valence-electron chi connectivity index (χ0n) is 6.19. The molecule has 0 aromatic carbocycles. The Morgan fingerprint density at radius 3 is 2.60 bits per heavy atom. The Labute approximate surface area is 59.7 Å². The summed E-state index contributed by atoms with van der Waals surface area (Å²) in [5.74, 6) is -0.315. The van der Waals surface area contributed by atoms with Gasteiger partial charge in [-0.25, -0.2) is 4.39 Å². The van der Waals surface area contributed by atoms with Crippen LogP contribution in [0.4, 0.5) is 4.39 Å². The van der Waals surface area contributed by atoms with Crippen LogP contribution in [0.2, 0.25) is 0 Å². The largest absolute Gasteiger partial charge is 0.260 e. The van der Waals surface area contributed by atoms with E-state index in [0.717, 1.165) is 0 Å². The number of halogens is 1. The zero-order valence-corrected chi connectivity index (χ0v) is 6.19. The maximum Gasteiger partial charge on any atom is 0.173 e. The van der Waals surface area contributed by atoms with Crippen LogP contribution >= 0.6 is 0 Å². The monoisotopic (exact) mass is 141 g/mol. The maximum absolute atomic E-state index is 12.7. The maximum atomic E-state index is 12.7. The highest BCUT2D eigenvalue weighted by molar-refractivity contribution is 5.00. The van der Waals surface area contributed by atoms with Crippen LogP contribution in [0.3, 0.4) is 0 Å². The van der Waals surface area contributed by atoms with Crippen LogP contribution in [0, 0.1) is 12.0 Å². The van der Waals surface area contributed by atoms with Crippen LogP contribution in [-0.2, 0) is 13.0 Å². The number of aryl methyl sites for hydroxylation is 2. The highest BCUT2D eigenvalue weighted by Crippen LogP contribution is 2.03. The van der Waals surface area contributed by atoms with Crippen molar-refractivity contribution >= 4 is 0 Å². The summed E-state index contributed by atoms with van der Waals surface area (Å²) in [6.07, 6.45) is 3.12. The van der Waals surface area contributed by atoms with Gasteiger partial charge in [-0.15, -0.1) is 0 Å². The van der Waals surface area contributed by atoms with E-state index in [-0.39, 0.29) is 5.82 Å². The van der Waals surface area contributed by atoms with Crippen LogP contribution in [0.15, 0.2) is 0 Å². The Hall–Kier alpha value is -0.860. The van der Waals surface area contributed by atoms with Gasteiger partial charge >= 0.3 is 0 Å². The van der Waals surface area contributed by atoms with Gasteiger partial charge in [0, 0.05) is 6.54 Å². The normalized spacial score (nSPS) is 10.3. The van der Waals surface area contributed by atoms with Crippen molar-refractivity contribution < 1.29 is 4.39 Å². The summed E-state index contributed by atoms with van der Waals surface area (Å²) in [4.78, 5) is 0. The molecule has 1 aromatic rings. The lowest BCUT2D eigenvalue weighted by Crippen LogP contribution is -1.94. The minimum absolute atomic E-state index is 0.315. The second-order valence-corrected chi connectivity index (χ2v) is 2.04. The van der Waals surface area contributed by atoms with Crippen molar-refractivity contribution in [3.8, 4) is 0 Å². The molecule has 0 aliphatic carbocycles. The molecule has 0 amide bonds. The number of nitrogens with zero attached hydrogens (tertiary/aromatic N) is 2. The first kappa shape index (κ1) is 7.25. The molecule has 3 heteroatoms. The van der Waals surface area contributed by atoms with Crippen molar-refractivity contribution in [2.75, 3.05) is 0 Å². The molecule has 0 bridgehead atoms. The Balaban J connectivity index is 2.92. The SMILES string of the molecule is CCc1nn(CC)[c]c1F. The second kappa shape index (κ2) is 2.82. The van der Waals surface area contributed by atoms with Gasteiger partial charge in [0.1, 0.15) is 6.20 Å². The van der Waals surface area contributed by atoms with E-state index in [2.05, 4.69) is 11.3 Å². The van der Waals surface area contributed by atoms with E-state index in [1.807, 2.05) is 13.8 Å². The molecule has 0 aliphatic rings. The minimum atomic E-state index is -0.315. The summed E-state index contributed by atoms with van der Waals surface area (Å²) in [6, 6.07) is 0. The van der Waals surface area contributed by atoms with Crippen molar-refractivity contribution in [2.24, 2.45) is 0 Å². The third kappa shape index (κ3) is 1.17. The lowest BCUT2D eigenvalue weighted by Gasteiger charge is -1.89. The molecule has 0 saturated heterocycles. The predicted molar refractivity (Wildman–Crippen MR) is 36.1 cm³/mol. The van der Waals surface area contributed by atoms with Gasteiger partial charge in [0.2, 0.25) is 0 Å². The van der Waals surface area contributed by atoms with E-state index in [4.69, 9.17) is 0 Å². The summed E-state index contributed by atoms with van der Waals surface area (Å²) >= 11 is 0. The van der Waals surface area contributed by atoms with E-state index < -0.39 is 0 Å². The van der Waals surface area contributed by atoms with Gasteiger partial charge in [0.05, 0.1) is 5.69 Å². The third-order valence-corrected chi connectivity index (χ3v) is 1.36. The van der Waals surface area contributed by atoms with Crippen molar-refractivity contribution in [3.05, 3.63) is 17.7 Å². The average molecular weight is 141 g/mol. The molecule has 0 fully saturated rings. The summed E-state index contributed by atoms with van der Waals surface area (Å²) in [5.41, 5.74) is 0.502. The molecule has 0 aliphatic heterocycles. The van der Waals surface area contributed by atoms with Crippen LogP contribution in [0.5, 0.6) is 0 Å². The molecule has 1 rings (SSSR count). The van der Waals surface area contributed by atoms with Crippen molar-refractivity contribution in [1.29, 1.82) is 0 Å². The van der Waals surface area contributed by atoms with E-state index in [0.29, 0.717) is 18.7 Å². The van der Waals surface area contributed by atoms with Gasteiger partial charge in [-0.1, -0.05) is 6.92 Å². The van der Waals surface area contributed by atoms with Gasteiger partial charge in [-0.05, 0) is 13.3 Å². The molecule has 55 valence electrons. The van der Waals surface area contributed by atoms with E-state index >= 15 is 0 Å². The number of rotatable bonds is 2. The quantitative estimate of drug-likeness (QED) is 0.608. The summed E-state index contributed by atoms with van der Waals surface area (Å²) in [6.45, 7) is 4.46. The highest BCUT2D eigenvalue weighted by Gasteiger charge is 2.04. The molecule has 0 unspecified atom stereocenters. The van der Waals surface area contributed by atoms with Gasteiger partial charge in [-0.2, -0.15) is 5.10 Å². The lowest BCUT2D eigenvalue weighted by atomic mass is 10.3. The Kier molecular flexibility index (Phi) is 2.04. The van der Waals surface area contributed by atoms with Crippen LogP contribution < -0.4 is 0 Å². The molecule has 1 heterocycles.